The van der Waals surface area contributed by atoms with E-state index >= 15 is 0 Å². The quantitative estimate of drug-likeness (QED) is 0.780. The van der Waals surface area contributed by atoms with Crippen LogP contribution in [0.1, 0.15) is 30.5 Å². The molecule has 0 spiro atoms. The Morgan fingerprint density at radius 2 is 1.85 bits per heavy atom. The number of hydrogen-bond donors (Lipinski definition) is 1. The minimum atomic E-state index is -3.79. The Hall–Kier alpha value is -1.60. The zero-order valence-corrected chi connectivity index (χ0v) is 16.8. The maximum absolute atomic E-state index is 12.5. The van der Waals surface area contributed by atoms with Crippen molar-refractivity contribution < 1.29 is 13.2 Å². The van der Waals surface area contributed by atoms with Gasteiger partial charge in [0.05, 0.1) is 21.0 Å². The molecule has 8 heteroatoms. The highest BCUT2D eigenvalue weighted by Gasteiger charge is 2.19. The SMILES string of the molecule is CC(c1cccc(S(N)(=O)=O)c1)N(C)C(=O)CCc1cccc(Cl)c1Cl. The molecule has 1 unspecified atom stereocenters. The molecule has 0 saturated heterocycles. The van der Waals surface area contributed by atoms with Crippen LogP contribution >= 0.6 is 23.2 Å². The van der Waals surface area contributed by atoms with Crippen LogP contribution in [0.15, 0.2) is 47.4 Å². The second-order valence-corrected chi connectivity index (χ2v) is 8.36. The lowest BCUT2D eigenvalue weighted by molar-refractivity contribution is -0.131. The molecule has 2 rings (SSSR count). The molecule has 0 bridgehead atoms. The van der Waals surface area contributed by atoms with Crippen molar-refractivity contribution >= 4 is 39.1 Å². The minimum absolute atomic E-state index is 0.0217. The van der Waals surface area contributed by atoms with Gasteiger partial charge in [0.25, 0.3) is 0 Å². The van der Waals surface area contributed by atoms with Gasteiger partial charge in [0.15, 0.2) is 0 Å². The summed E-state index contributed by atoms with van der Waals surface area (Å²) in [6, 6.07) is 11.3. The van der Waals surface area contributed by atoms with Gasteiger partial charge < -0.3 is 4.90 Å². The number of carbonyl (C=O) groups excluding carboxylic acids is 1. The third-order valence-electron chi connectivity index (χ3n) is 4.28. The first kappa shape index (κ1) is 20.7. The molecule has 0 aromatic heterocycles. The Kier molecular flexibility index (Phi) is 6.69. The van der Waals surface area contributed by atoms with Gasteiger partial charge in [-0.3, -0.25) is 4.79 Å². The van der Waals surface area contributed by atoms with Crippen LogP contribution in [0.5, 0.6) is 0 Å². The zero-order valence-electron chi connectivity index (χ0n) is 14.4. The number of aryl methyl sites for hydroxylation is 1. The Labute approximate surface area is 163 Å². The molecular weight excluding hydrogens is 395 g/mol. The molecule has 0 aliphatic rings. The summed E-state index contributed by atoms with van der Waals surface area (Å²) >= 11 is 12.1. The molecule has 0 aliphatic carbocycles. The van der Waals surface area contributed by atoms with Crippen LogP contribution in [-0.4, -0.2) is 26.3 Å². The van der Waals surface area contributed by atoms with Crippen molar-refractivity contribution in [3.8, 4) is 0 Å². The summed E-state index contributed by atoms with van der Waals surface area (Å²) < 4.78 is 23.0. The van der Waals surface area contributed by atoms with E-state index in [0.717, 1.165) is 5.56 Å². The highest BCUT2D eigenvalue weighted by Crippen LogP contribution is 2.27. The van der Waals surface area contributed by atoms with Gasteiger partial charge in [0, 0.05) is 13.5 Å². The number of hydrogen-bond acceptors (Lipinski definition) is 3. The van der Waals surface area contributed by atoms with Gasteiger partial charge in [-0.2, -0.15) is 0 Å². The Morgan fingerprint density at radius 3 is 2.50 bits per heavy atom. The maximum Gasteiger partial charge on any atom is 0.238 e. The second-order valence-electron chi connectivity index (χ2n) is 6.01. The Morgan fingerprint density at radius 1 is 1.19 bits per heavy atom. The predicted octanol–water partition coefficient (Wildman–Crippen LogP) is 3.79. The van der Waals surface area contributed by atoms with Gasteiger partial charge in [-0.15, -0.1) is 0 Å². The number of carbonyl (C=O) groups is 1. The molecule has 1 atom stereocenters. The minimum Gasteiger partial charge on any atom is -0.339 e. The van der Waals surface area contributed by atoms with Crippen LogP contribution in [0.3, 0.4) is 0 Å². The van der Waals surface area contributed by atoms with Gasteiger partial charge in [0.1, 0.15) is 0 Å². The number of rotatable bonds is 6. The normalized spacial score (nSPS) is 12.7. The maximum atomic E-state index is 12.5. The number of nitrogens with zero attached hydrogens (tertiary/aromatic N) is 1. The molecule has 0 heterocycles. The molecule has 1 amide bonds. The number of halogens is 2. The first-order chi connectivity index (χ1) is 12.1. The predicted molar refractivity (Wildman–Crippen MR) is 104 cm³/mol. The van der Waals surface area contributed by atoms with Gasteiger partial charge in [-0.25, -0.2) is 13.6 Å². The van der Waals surface area contributed by atoms with Crippen molar-refractivity contribution in [2.75, 3.05) is 7.05 Å². The van der Waals surface area contributed by atoms with E-state index < -0.39 is 10.0 Å². The van der Waals surface area contributed by atoms with E-state index in [4.69, 9.17) is 28.3 Å². The molecule has 2 aromatic carbocycles. The summed E-state index contributed by atoms with van der Waals surface area (Å²) in [5.41, 5.74) is 1.50. The van der Waals surface area contributed by atoms with Gasteiger partial charge >= 0.3 is 0 Å². The summed E-state index contributed by atoms with van der Waals surface area (Å²) in [6.07, 6.45) is 0.724. The van der Waals surface area contributed by atoms with Crippen molar-refractivity contribution in [3.63, 3.8) is 0 Å². The molecule has 2 N–H and O–H groups in total. The summed E-state index contributed by atoms with van der Waals surface area (Å²) in [4.78, 5) is 14.1. The summed E-state index contributed by atoms with van der Waals surface area (Å²) in [6.45, 7) is 1.83. The molecule has 0 saturated carbocycles. The largest absolute Gasteiger partial charge is 0.339 e. The topological polar surface area (TPSA) is 80.5 Å². The van der Waals surface area contributed by atoms with E-state index in [2.05, 4.69) is 0 Å². The number of nitrogens with two attached hydrogens (primary N) is 1. The molecule has 140 valence electrons. The van der Waals surface area contributed by atoms with E-state index in [-0.39, 0.29) is 23.3 Å². The summed E-state index contributed by atoms with van der Waals surface area (Å²) in [5, 5.41) is 6.08. The highest BCUT2D eigenvalue weighted by atomic mass is 35.5. The first-order valence-corrected chi connectivity index (χ1v) is 10.2. The monoisotopic (exact) mass is 414 g/mol. The third-order valence-corrected chi connectivity index (χ3v) is 6.05. The molecule has 26 heavy (non-hydrogen) atoms. The average molecular weight is 415 g/mol. The second kappa shape index (κ2) is 8.39. The standard InChI is InChI=1S/C18H20Cl2N2O3S/c1-12(14-6-3-7-15(11-14)26(21,24)25)22(2)17(23)10-9-13-5-4-8-16(19)18(13)20/h3-8,11-12H,9-10H2,1-2H3,(H2,21,24,25). The Balaban J connectivity index is 2.09. The average Bonchev–Trinajstić information content (AvgIpc) is 2.60. The van der Waals surface area contributed by atoms with Gasteiger partial charge in [-0.05, 0) is 42.7 Å². The molecule has 0 fully saturated rings. The lowest BCUT2D eigenvalue weighted by atomic mass is 10.1. The van der Waals surface area contributed by atoms with Crippen molar-refractivity contribution in [2.24, 2.45) is 5.14 Å². The van der Waals surface area contributed by atoms with Crippen LogP contribution < -0.4 is 5.14 Å². The van der Waals surface area contributed by atoms with E-state index in [9.17, 15) is 13.2 Å². The first-order valence-electron chi connectivity index (χ1n) is 7.92. The fraction of sp³-hybridized carbons (Fsp3) is 0.278. The molecule has 5 nitrogen and oxygen atoms in total. The van der Waals surface area contributed by atoms with E-state index in [1.807, 2.05) is 13.0 Å². The molecular formula is C18H20Cl2N2O3S. The van der Waals surface area contributed by atoms with E-state index in [0.29, 0.717) is 22.0 Å². The van der Waals surface area contributed by atoms with E-state index in [1.165, 1.54) is 12.1 Å². The molecule has 0 aliphatic heterocycles. The number of sulfonamides is 1. The number of benzene rings is 2. The number of amides is 1. The lowest BCUT2D eigenvalue weighted by Crippen LogP contribution is -2.30. The van der Waals surface area contributed by atoms with Crippen LogP contribution in [0.2, 0.25) is 10.0 Å². The van der Waals surface area contributed by atoms with E-state index in [1.54, 1.807) is 36.2 Å². The van der Waals surface area contributed by atoms with Crippen molar-refractivity contribution in [1.29, 1.82) is 0 Å². The molecule has 2 aromatic rings. The van der Waals surface area contributed by atoms with Gasteiger partial charge in [0.2, 0.25) is 15.9 Å². The van der Waals surface area contributed by atoms with Crippen LogP contribution in [0.25, 0.3) is 0 Å². The molecule has 0 radical (unpaired) electrons. The summed E-state index contributed by atoms with van der Waals surface area (Å²) in [7, 11) is -2.11. The van der Waals surface area contributed by atoms with Crippen LogP contribution in [-0.2, 0) is 21.2 Å². The van der Waals surface area contributed by atoms with Gasteiger partial charge in [-0.1, -0.05) is 47.5 Å². The van der Waals surface area contributed by atoms with Crippen molar-refractivity contribution in [3.05, 3.63) is 63.6 Å². The zero-order chi connectivity index (χ0) is 19.5. The van der Waals surface area contributed by atoms with Crippen molar-refractivity contribution in [2.45, 2.75) is 30.7 Å². The Bertz CT molecular complexity index is 916. The van der Waals surface area contributed by atoms with Crippen molar-refractivity contribution in [1.82, 2.24) is 4.90 Å². The smallest absolute Gasteiger partial charge is 0.238 e. The highest BCUT2D eigenvalue weighted by molar-refractivity contribution is 7.89. The van der Waals surface area contributed by atoms with Crippen LogP contribution in [0.4, 0.5) is 0 Å². The lowest BCUT2D eigenvalue weighted by Gasteiger charge is -2.26. The fourth-order valence-corrected chi connectivity index (χ4v) is 3.53. The van der Waals surface area contributed by atoms with Crippen LogP contribution in [0, 0.1) is 0 Å². The number of primary sulfonamides is 1. The third kappa shape index (κ3) is 4.98. The fourth-order valence-electron chi connectivity index (χ4n) is 2.55. The summed E-state index contributed by atoms with van der Waals surface area (Å²) in [5.74, 6) is -0.0884.